The highest BCUT2D eigenvalue weighted by molar-refractivity contribution is 5.99. The van der Waals surface area contributed by atoms with Crippen LogP contribution in [0.3, 0.4) is 0 Å². The van der Waals surface area contributed by atoms with Crippen molar-refractivity contribution in [3.63, 3.8) is 0 Å². The molecule has 4 aromatic rings. The van der Waals surface area contributed by atoms with Crippen LogP contribution in [0.2, 0.25) is 0 Å². The van der Waals surface area contributed by atoms with Crippen molar-refractivity contribution >= 4 is 40.6 Å². The number of aryl methyl sites for hydroxylation is 1. The van der Waals surface area contributed by atoms with E-state index in [0.717, 1.165) is 16.8 Å². The number of carbonyl (C=O) groups excluding carboxylic acids is 2. The maximum Gasteiger partial charge on any atom is 0.247 e. The zero-order chi connectivity index (χ0) is 27.1. The molecule has 10 nitrogen and oxygen atoms in total. The lowest BCUT2D eigenvalue weighted by molar-refractivity contribution is -0.131. The summed E-state index contributed by atoms with van der Waals surface area (Å²) in [5.41, 5.74) is 3.79. The van der Waals surface area contributed by atoms with Crippen LogP contribution in [0.5, 0.6) is 0 Å². The lowest BCUT2D eigenvalue weighted by Gasteiger charge is -2.29. The Morgan fingerprint density at radius 3 is 2.50 bits per heavy atom. The summed E-state index contributed by atoms with van der Waals surface area (Å²) >= 11 is 0. The largest absolute Gasteiger partial charge is 0.340 e. The molecule has 0 saturated carbocycles. The molecule has 2 heterocycles. The average Bonchev–Trinajstić information content (AvgIpc) is 3.32. The highest BCUT2D eigenvalue weighted by Crippen LogP contribution is 2.28. The zero-order valence-electron chi connectivity index (χ0n) is 21.5. The minimum atomic E-state index is -0.306. The van der Waals surface area contributed by atoms with Gasteiger partial charge in [-0.3, -0.25) is 14.3 Å². The molecule has 2 aromatic heterocycles. The number of benzene rings is 2. The highest BCUT2D eigenvalue weighted by Gasteiger charge is 2.21. The van der Waals surface area contributed by atoms with E-state index in [1.165, 1.54) is 6.08 Å². The Bertz CT molecular complexity index is 1430. The number of aromatic nitrogens is 4. The van der Waals surface area contributed by atoms with Crippen LogP contribution in [-0.2, 0) is 23.2 Å². The summed E-state index contributed by atoms with van der Waals surface area (Å²) in [4.78, 5) is 35.5. The minimum absolute atomic E-state index is 0.0704. The molecule has 4 rings (SSSR count). The summed E-state index contributed by atoms with van der Waals surface area (Å²) in [5, 5.41) is 13.4. The third-order valence-electron chi connectivity index (χ3n) is 5.90. The minimum Gasteiger partial charge on any atom is -0.340 e. The molecular formula is C28H30N8O2. The van der Waals surface area contributed by atoms with Crippen molar-refractivity contribution in [2.75, 3.05) is 16.0 Å². The van der Waals surface area contributed by atoms with Gasteiger partial charge >= 0.3 is 0 Å². The van der Waals surface area contributed by atoms with E-state index in [0.29, 0.717) is 23.1 Å². The van der Waals surface area contributed by atoms with Gasteiger partial charge < -0.3 is 20.9 Å². The number of anilines is 5. The number of nitrogens with zero attached hydrogens (tertiary/aromatic N) is 5. The third kappa shape index (κ3) is 6.61. The first kappa shape index (κ1) is 26.1. The second kappa shape index (κ2) is 11.8. The Balaban J connectivity index is 1.67. The van der Waals surface area contributed by atoms with Crippen molar-refractivity contribution in [2.24, 2.45) is 7.05 Å². The highest BCUT2D eigenvalue weighted by atomic mass is 16.2. The maximum absolute atomic E-state index is 12.7. The number of hydrogen-bond donors (Lipinski definition) is 3. The van der Waals surface area contributed by atoms with E-state index in [1.54, 1.807) is 41.0 Å². The van der Waals surface area contributed by atoms with Crippen LogP contribution < -0.4 is 16.0 Å². The first-order valence-electron chi connectivity index (χ1n) is 12.1. The lowest BCUT2D eigenvalue weighted by Crippen LogP contribution is -2.31. The molecule has 0 fully saturated rings. The molecular weight excluding hydrogens is 480 g/mol. The van der Waals surface area contributed by atoms with E-state index < -0.39 is 0 Å². The molecule has 0 radical (unpaired) electrons. The first-order valence-corrected chi connectivity index (χ1v) is 12.1. The number of carbonyl (C=O) groups is 2. The van der Waals surface area contributed by atoms with Gasteiger partial charge in [-0.15, -0.1) is 0 Å². The second-order valence-corrected chi connectivity index (χ2v) is 8.73. The molecule has 2 amide bonds. The number of nitrogens with one attached hydrogen (secondary N) is 3. The third-order valence-corrected chi connectivity index (χ3v) is 5.90. The van der Waals surface area contributed by atoms with Gasteiger partial charge in [-0.1, -0.05) is 43.0 Å². The Morgan fingerprint density at radius 1 is 1.05 bits per heavy atom. The van der Waals surface area contributed by atoms with Crippen LogP contribution >= 0.6 is 0 Å². The Hall–Kier alpha value is -4.99. The fourth-order valence-corrected chi connectivity index (χ4v) is 3.93. The number of hydrogen-bond acceptors (Lipinski definition) is 7. The molecule has 0 aliphatic carbocycles. The molecule has 1 unspecified atom stereocenters. The summed E-state index contributed by atoms with van der Waals surface area (Å²) in [7, 11) is 1.82. The van der Waals surface area contributed by atoms with Crippen LogP contribution in [0.1, 0.15) is 31.0 Å². The van der Waals surface area contributed by atoms with E-state index in [-0.39, 0.29) is 24.4 Å². The van der Waals surface area contributed by atoms with Crippen molar-refractivity contribution in [3.8, 4) is 0 Å². The lowest BCUT2D eigenvalue weighted by atomic mass is 10.1. The Kier molecular flexibility index (Phi) is 8.12. The van der Waals surface area contributed by atoms with E-state index in [9.17, 15) is 9.59 Å². The maximum atomic E-state index is 12.7. The number of rotatable bonds is 10. The van der Waals surface area contributed by atoms with Crippen LogP contribution in [0, 0.1) is 0 Å². The molecule has 2 aromatic carbocycles. The zero-order valence-corrected chi connectivity index (χ0v) is 21.5. The van der Waals surface area contributed by atoms with Gasteiger partial charge in [0.25, 0.3) is 0 Å². The van der Waals surface area contributed by atoms with Crippen LogP contribution in [0.4, 0.5) is 28.8 Å². The molecule has 3 N–H and O–H groups in total. The summed E-state index contributed by atoms with van der Waals surface area (Å²) in [5.74, 6) is 0.509. The molecule has 0 saturated heterocycles. The topological polar surface area (TPSA) is 117 Å². The number of amides is 2. The van der Waals surface area contributed by atoms with Gasteiger partial charge in [-0.05, 0) is 36.8 Å². The van der Waals surface area contributed by atoms with E-state index in [4.69, 9.17) is 4.98 Å². The summed E-state index contributed by atoms with van der Waals surface area (Å²) in [6.45, 7) is 7.33. The molecule has 0 aliphatic rings. The molecule has 10 heteroatoms. The van der Waals surface area contributed by atoms with E-state index in [1.807, 2.05) is 62.6 Å². The van der Waals surface area contributed by atoms with Gasteiger partial charge in [0.2, 0.25) is 17.8 Å². The van der Waals surface area contributed by atoms with E-state index in [2.05, 4.69) is 32.6 Å². The van der Waals surface area contributed by atoms with Gasteiger partial charge in [-0.25, -0.2) is 4.98 Å². The van der Waals surface area contributed by atoms with Crippen molar-refractivity contribution in [2.45, 2.75) is 26.4 Å². The van der Waals surface area contributed by atoms with Gasteiger partial charge in [0.15, 0.2) is 0 Å². The Labute approximate surface area is 221 Å². The van der Waals surface area contributed by atoms with Gasteiger partial charge in [-0.2, -0.15) is 10.1 Å². The molecule has 0 aliphatic heterocycles. The monoisotopic (exact) mass is 510 g/mol. The molecule has 38 heavy (non-hydrogen) atoms. The van der Waals surface area contributed by atoms with Crippen LogP contribution in [0.15, 0.2) is 85.8 Å². The van der Waals surface area contributed by atoms with Crippen molar-refractivity contribution in [1.82, 2.24) is 24.6 Å². The SMILES string of the molecule is C=CC(=O)Nc1cccc(Nc2nc(Nc3cnn(C)c3)ncc2CN(C(C)=O)C(C)c2ccccc2)c1. The van der Waals surface area contributed by atoms with Crippen LogP contribution in [0.25, 0.3) is 0 Å². The van der Waals surface area contributed by atoms with Gasteiger partial charge in [0.05, 0.1) is 24.5 Å². The summed E-state index contributed by atoms with van der Waals surface area (Å²) in [6.07, 6.45) is 6.40. The van der Waals surface area contributed by atoms with Gasteiger partial charge in [0, 0.05) is 43.3 Å². The predicted octanol–water partition coefficient (Wildman–Crippen LogP) is 4.93. The summed E-state index contributed by atoms with van der Waals surface area (Å²) < 4.78 is 1.68. The molecule has 1 atom stereocenters. The standard InChI is InChI=1S/C28H30N8O2/c1-5-26(38)31-23-12-9-13-24(14-23)32-27-22(15-29-28(34-27)33-25-16-30-35(4)18-25)17-36(20(3)37)19(2)21-10-7-6-8-11-21/h5-16,18-19H,1,17H2,2-4H3,(H,31,38)(H2,29,32,33,34). The fourth-order valence-electron chi connectivity index (χ4n) is 3.93. The Morgan fingerprint density at radius 2 is 1.82 bits per heavy atom. The second-order valence-electron chi connectivity index (χ2n) is 8.73. The van der Waals surface area contributed by atoms with Crippen molar-refractivity contribution < 1.29 is 9.59 Å². The normalized spacial score (nSPS) is 11.3. The smallest absolute Gasteiger partial charge is 0.247 e. The molecule has 194 valence electrons. The van der Waals surface area contributed by atoms with Gasteiger partial charge in [0.1, 0.15) is 5.82 Å². The van der Waals surface area contributed by atoms with Crippen molar-refractivity contribution in [3.05, 3.63) is 97.0 Å². The van der Waals surface area contributed by atoms with Crippen LogP contribution in [-0.4, -0.2) is 36.5 Å². The first-order chi connectivity index (χ1) is 18.3. The van der Waals surface area contributed by atoms with Crippen molar-refractivity contribution in [1.29, 1.82) is 0 Å². The quantitative estimate of drug-likeness (QED) is 0.259. The molecule has 0 spiro atoms. The summed E-state index contributed by atoms with van der Waals surface area (Å²) in [6, 6.07) is 16.9. The average molecular weight is 511 g/mol. The molecule has 0 bridgehead atoms. The van der Waals surface area contributed by atoms with E-state index >= 15 is 0 Å². The predicted molar refractivity (Wildman–Crippen MR) is 148 cm³/mol. The fraction of sp³-hybridized carbons (Fsp3) is 0.179.